The SMILES string of the molecule is O=C(Nc1ccc(Cl)c(Cl)c1)NN1C(=O)/C(=C\c2cn(Cc3c(F)cccc3Cl)c3ccccc23)SC1=S. The molecule has 0 unspecified atom stereocenters. The van der Waals surface area contributed by atoms with Crippen LogP contribution in [-0.2, 0) is 11.3 Å². The molecule has 0 radical (unpaired) electrons. The number of thioether (sulfide) groups is 1. The van der Waals surface area contributed by atoms with E-state index >= 15 is 0 Å². The van der Waals surface area contributed by atoms with Gasteiger partial charge in [0, 0.05) is 38.9 Å². The maximum Gasteiger partial charge on any atom is 0.338 e. The monoisotopic (exact) mass is 604 g/mol. The molecule has 38 heavy (non-hydrogen) atoms. The van der Waals surface area contributed by atoms with Crippen LogP contribution < -0.4 is 10.7 Å². The fourth-order valence-corrected chi connectivity index (χ4v) is 5.61. The number of fused-ring (bicyclic) bond motifs is 1. The summed E-state index contributed by atoms with van der Waals surface area (Å²) in [6, 6.07) is 16.0. The van der Waals surface area contributed by atoms with Crippen LogP contribution in [0.5, 0.6) is 0 Å². The van der Waals surface area contributed by atoms with Gasteiger partial charge in [-0.25, -0.2) is 14.6 Å². The van der Waals surface area contributed by atoms with Gasteiger partial charge in [0.2, 0.25) is 0 Å². The Kier molecular flexibility index (Phi) is 7.65. The molecule has 4 aromatic rings. The molecule has 3 aromatic carbocycles. The second-order valence-corrected chi connectivity index (χ2v) is 11.0. The van der Waals surface area contributed by atoms with Crippen molar-refractivity contribution in [1.29, 1.82) is 0 Å². The fourth-order valence-electron chi connectivity index (χ4n) is 3.91. The van der Waals surface area contributed by atoms with Crippen LogP contribution in [0.4, 0.5) is 14.9 Å². The van der Waals surface area contributed by atoms with Gasteiger partial charge in [-0.05, 0) is 54.7 Å². The van der Waals surface area contributed by atoms with Crippen LogP contribution in [0.3, 0.4) is 0 Å². The van der Waals surface area contributed by atoms with E-state index in [1.165, 1.54) is 12.1 Å². The number of rotatable bonds is 5. The smallest absolute Gasteiger partial charge is 0.338 e. The van der Waals surface area contributed by atoms with Crippen LogP contribution >= 0.6 is 58.8 Å². The number of amides is 3. The predicted molar refractivity (Wildman–Crippen MR) is 156 cm³/mol. The number of benzene rings is 3. The molecular formula is C26H16Cl3FN4O2S2. The minimum Gasteiger partial charge on any atom is -0.342 e. The van der Waals surface area contributed by atoms with Crippen molar-refractivity contribution in [3.8, 4) is 0 Å². The van der Waals surface area contributed by atoms with Gasteiger partial charge in [0.1, 0.15) is 5.82 Å². The van der Waals surface area contributed by atoms with Gasteiger partial charge in [-0.2, -0.15) is 5.01 Å². The summed E-state index contributed by atoms with van der Waals surface area (Å²) in [5, 5.41) is 5.38. The van der Waals surface area contributed by atoms with Crippen molar-refractivity contribution in [2.45, 2.75) is 6.54 Å². The summed E-state index contributed by atoms with van der Waals surface area (Å²) in [6.45, 7) is 0.206. The highest BCUT2D eigenvalue weighted by atomic mass is 35.5. The number of nitrogens with zero attached hydrogens (tertiary/aromatic N) is 2. The van der Waals surface area contributed by atoms with Crippen LogP contribution in [0.25, 0.3) is 17.0 Å². The van der Waals surface area contributed by atoms with Gasteiger partial charge in [-0.3, -0.25) is 4.79 Å². The third kappa shape index (κ3) is 5.39. The van der Waals surface area contributed by atoms with Crippen molar-refractivity contribution in [3.63, 3.8) is 0 Å². The van der Waals surface area contributed by atoms with Crippen LogP contribution in [-0.4, -0.2) is 25.8 Å². The summed E-state index contributed by atoms with van der Waals surface area (Å²) >= 11 is 24.5. The maximum absolute atomic E-state index is 14.5. The first-order valence-corrected chi connectivity index (χ1v) is 13.4. The Labute approximate surface area is 241 Å². The second kappa shape index (κ2) is 11.0. The van der Waals surface area contributed by atoms with E-state index < -0.39 is 17.8 Å². The number of hydrazine groups is 1. The van der Waals surface area contributed by atoms with E-state index in [2.05, 4.69) is 10.7 Å². The number of nitrogens with one attached hydrogen (secondary N) is 2. The minimum absolute atomic E-state index is 0.160. The molecule has 5 rings (SSSR count). The van der Waals surface area contributed by atoms with Crippen molar-refractivity contribution < 1.29 is 14.0 Å². The highest BCUT2D eigenvalue weighted by Crippen LogP contribution is 2.34. The van der Waals surface area contributed by atoms with Crippen LogP contribution in [0.1, 0.15) is 11.1 Å². The Balaban J connectivity index is 1.38. The molecule has 1 aromatic heterocycles. The second-order valence-electron chi connectivity index (χ2n) is 8.14. The molecule has 0 saturated carbocycles. The molecule has 0 bridgehead atoms. The van der Waals surface area contributed by atoms with Crippen molar-refractivity contribution in [2.75, 3.05) is 5.32 Å². The molecule has 3 amide bonds. The fraction of sp³-hybridized carbons (Fsp3) is 0.0385. The summed E-state index contributed by atoms with van der Waals surface area (Å²) in [4.78, 5) is 25.9. The Bertz CT molecular complexity index is 1640. The minimum atomic E-state index is -0.681. The lowest BCUT2D eigenvalue weighted by Gasteiger charge is -2.16. The van der Waals surface area contributed by atoms with Crippen molar-refractivity contribution in [2.24, 2.45) is 0 Å². The largest absolute Gasteiger partial charge is 0.342 e. The Morgan fingerprint density at radius 1 is 1.03 bits per heavy atom. The van der Waals surface area contributed by atoms with Gasteiger partial charge in [-0.15, -0.1) is 0 Å². The van der Waals surface area contributed by atoms with Crippen molar-refractivity contribution in [1.82, 2.24) is 15.0 Å². The number of anilines is 1. The molecule has 1 fully saturated rings. The van der Waals surface area contributed by atoms with E-state index in [-0.39, 0.29) is 15.9 Å². The molecule has 2 N–H and O–H groups in total. The summed E-state index contributed by atoms with van der Waals surface area (Å²) < 4.78 is 16.5. The summed E-state index contributed by atoms with van der Waals surface area (Å²) in [5.74, 6) is -0.888. The van der Waals surface area contributed by atoms with Crippen LogP contribution in [0, 0.1) is 5.82 Å². The normalized spacial score (nSPS) is 14.5. The van der Waals surface area contributed by atoms with E-state index in [9.17, 15) is 14.0 Å². The third-order valence-corrected chi connectivity index (χ3v) is 8.08. The maximum atomic E-state index is 14.5. The number of hydrogen-bond acceptors (Lipinski definition) is 4. The topological polar surface area (TPSA) is 66.4 Å². The summed E-state index contributed by atoms with van der Waals surface area (Å²) in [5.41, 5.74) is 4.78. The first-order chi connectivity index (χ1) is 18.2. The Hall–Kier alpha value is -3.08. The summed E-state index contributed by atoms with van der Waals surface area (Å²) in [7, 11) is 0. The van der Waals surface area contributed by atoms with E-state index in [0.717, 1.165) is 33.2 Å². The Morgan fingerprint density at radius 2 is 1.82 bits per heavy atom. The molecule has 1 saturated heterocycles. The highest BCUT2D eigenvalue weighted by Gasteiger charge is 2.34. The van der Waals surface area contributed by atoms with E-state index in [1.807, 2.05) is 35.0 Å². The predicted octanol–water partition coefficient (Wildman–Crippen LogP) is 7.73. The molecule has 0 aliphatic carbocycles. The van der Waals surface area contributed by atoms with Gasteiger partial charge in [0.25, 0.3) is 5.91 Å². The molecule has 1 aliphatic rings. The first kappa shape index (κ1) is 26.5. The van der Waals surface area contributed by atoms with Gasteiger partial charge in [0.15, 0.2) is 4.32 Å². The number of hydrogen-bond donors (Lipinski definition) is 2. The number of urea groups is 1. The van der Waals surface area contributed by atoms with Crippen LogP contribution in [0.2, 0.25) is 15.1 Å². The van der Waals surface area contributed by atoms with E-state index in [4.69, 9.17) is 47.0 Å². The van der Waals surface area contributed by atoms with Crippen LogP contribution in [0.15, 0.2) is 71.8 Å². The number of aromatic nitrogens is 1. The highest BCUT2D eigenvalue weighted by molar-refractivity contribution is 8.26. The average Bonchev–Trinajstić information content (AvgIpc) is 3.35. The lowest BCUT2D eigenvalue weighted by atomic mass is 10.1. The lowest BCUT2D eigenvalue weighted by Crippen LogP contribution is -2.46. The molecule has 1 aliphatic heterocycles. The molecule has 12 heteroatoms. The molecular weight excluding hydrogens is 590 g/mol. The van der Waals surface area contributed by atoms with E-state index in [0.29, 0.717) is 26.2 Å². The summed E-state index contributed by atoms with van der Waals surface area (Å²) in [6.07, 6.45) is 3.52. The van der Waals surface area contributed by atoms with Crippen molar-refractivity contribution >= 4 is 97.7 Å². The zero-order valence-electron chi connectivity index (χ0n) is 19.2. The molecule has 0 atom stereocenters. The zero-order valence-corrected chi connectivity index (χ0v) is 23.1. The molecule has 0 spiro atoms. The molecule has 6 nitrogen and oxygen atoms in total. The van der Waals surface area contributed by atoms with Gasteiger partial charge < -0.3 is 9.88 Å². The number of para-hydroxylation sites is 1. The standard InChI is InChI=1S/C26H16Cl3FN4O2S2/c27-18-5-3-6-21(30)17(18)13-33-12-14(16-4-1-2-7-22(16)33)10-23-24(35)34(26(37)38-23)32-25(36)31-15-8-9-19(28)20(29)11-15/h1-12H,13H2,(H2,31,32,36)/b23-10+. The first-order valence-electron chi connectivity index (χ1n) is 11.0. The number of thiocarbonyl (C=S) groups is 1. The van der Waals surface area contributed by atoms with Crippen molar-refractivity contribution in [3.05, 3.63) is 104 Å². The lowest BCUT2D eigenvalue weighted by molar-refractivity contribution is -0.123. The number of carbonyl (C=O) groups excluding carboxylic acids is 2. The number of carbonyl (C=O) groups is 2. The molecule has 2 heterocycles. The quantitative estimate of drug-likeness (QED) is 0.181. The van der Waals surface area contributed by atoms with Gasteiger partial charge in [0.05, 0.1) is 21.5 Å². The molecule has 192 valence electrons. The van der Waals surface area contributed by atoms with Gasteiger partial charge >= 0.3 is 6.03 Å². The average molecular weight is 606 g/mol. The van der Waals surface area contributed by atoms with E-state index in [1.54, 1.807) is 30.3 Å². The number of halogens is 4. The zero-order chi connectivity index (χ0) is 27.0. The van der Waals surface area contributed by atoms with Gasteiger partial charge in [-0.1, -0.05) is 70.8 Å². The Morgan fingerprint density at radius 3 is 2.58 bits per heavy atom. The third-order valence-electron chi connectivity index (χ3n) is 5.68.